The number of hydrogen-bond donors (Lipinski definition) is 2. The molecule has 0 bridgehead atoms. The molecule has 0 aromatic rings. The summed E-state index contributed by atoms with van der Waals surface area (Å²) in [4.78, 5) is 0. The van der Waals surface area contributed by atoms with E-state index in [4.69, 9.17) is 17.5 Å². The van der Waals surface area contributed by atoms with Crippen molar-refractivity contribution in [1.82, 2.24) is 0 Å². The smallest absolute Gasteiger partial charge is 0.394 e. The lowest BCUT2D eigenvalue weighted by atomic mass is 15.8. The lowest BCUT2D eigenvalue weighted by Gasteiger charge is -1.68. The first-order valence-electron chi connectivity index (χ1n) is 0.698. The first kappa shape index (κ1) is 15.6. The van der Waals surface area contributed by atoms with E-state index < -0.39 is 10.4 Å². The third-order valence-electron chi connectivity index (χ3n) is 0. The van der Waals surface area contributed by atoms with Crippen molar-refractivity contribution >= 4 is 33.5 Å². The molecule has 0 aromatic carbocycles. The van der Waals surface area contributed by atoms with Gasteiger partial charge in [-0.25, -0.2) is 0 Å². The van der Waals surface area contributed by atoms with E-state index in [1.54, 1.807) is 0 Å². The van der Waals surface area contributed by atoms with Crippen LogP contribution in [0.15, 0.2) is 0 Å². The largest absolute Gasteiger partial charge is 0.412 e. The van der Waals surface area contributed by atoms with E-state index in [-0.39, 0.29) is 28.5 Å². The van der Waals surface area contributed by atoms with Gasteiger partial charge in [0, 0.05) is 23.1 Å². The Labute approximate surface area is 56.8 Å². The third kappa shape index (κ3) is 392. The Bertz CT molecular complexity index is 91.2. The standard InChI is InChI=1S/Mg.H2O4S.H2O/c;1-5(2,3)4;/h;(H2,1,2,3,4);1H2. The van der Waals surface area contributed by atoms with Gasteiger partial charge in [0.2, 0.25) is 0 Å². The summed E-state index contributed by atoms with van der Waals surface area (Å²) in [5, 5.41) is 0. The summed E-state index contributed by atoms with van der Waals surface area (Å²) in [7, 11) is -4.67. The van der Waals surface area contributed by atoms with Gasteiger partial charge < -0.3 is 5.48 Å². The monoisotopic (exact) mass is 140 g/mol. The van der Waals surface area contributed by atoms with E-state index in [0.29, 0.717) is 0 Å². The fourth-order valence-electron chi connectivity index (χ4n) is 0. The summed E-state index contributed by atoms with van der Waals surface area (Å²) >= 11 is 0. The second kappa shape index (κ2) is 4.75. The maximum absolute atomic E-state index is 8.74. The van der Waals surface area contributed by atoms with Crippen molar-refractivity contribution in [3.8, 4) is 0 Å². The second-order valence-electron chi connectivity index (χ2n) is 0.448. The molecule has 0 heterocycles. The van der Waals surface area contributed by atoms with Gasteiger partial charge in [-0.05, 0) is 0 Å². The van der Waals surface area contributed by atoms with E-state index in [1.807, 2.05) is 0 Å². The summed E-state index contributed by atoms with van der Waals surface area (Å²) < 4.78 is 31.6. The van der Waals surface area contributed by atoms with Crippen molar-refractivity contribution in [3.05, 3.63) is 0 Å². The molecule has 0 amide bonds. The predicted octanol–water partition coefficient (Wildman–Crippen LogP) is -1.86. The molecule has 4 N–H and O–H groups in total. The van der Waals surface area contributed by atoms with Gasteiger partial charge in [0.1, 0.15) is 0 Å². The quantitative estimate of drug-likeness (QED) is 0.304. The molecule has 0 aliphatic rings. The van der Waals surface area contributed by atoms with Gasteiger partial charge in [-0.1, -0.05) is 0 Å². The lowest BCUT2D eigenvalue weighted by Crippen LogP contribution is -1.89. The van der Waals surface area contributed by atoms with Crippen LogP contribution in [0.2, 0.25) is 0 Å². The van der Waals surface area contributed by atoms with Crippen molar-refractivity contribution in [2.75, 3.05) is 0 Å². The molecule has 0 rings (SSSR count). The van der Waals surface area contributed by atoms with Crippen molar-refractivity contribution < 1.29 is 23.0 Å². The zero-order valence-electron chi connectivity index (χ0n) is 3.33. The molecular weight excluding hydrogens is 136 g/mol. The first-order valence-corrected chi connectivity index (χ1v) is 2.10. The van der Waals surface area contributed by atoms with Crippen molar-refractivity contribution in [3.63, 3.8) is 0 Å². The highest BCUT2D eigenvalue weighted by molar-refractivity contribution is 7.79. The molecule has 7 heteroatoms. The molecule has 0 aliphatic carbocycles. The van der Waals surface area contributed by atoms with Gasteiger partial charge in [-0.15, -0.1) is 0 Å². The number of rotatable bonds is 0. The van der Waals surface area contributed by atoms with Crippen molar-refractivity contribution in [1.29, 1.82) is 0 Å². The Morgan fingerprint density at radius 1 is 1.14 bits per heavy atom. The normalized spacial score (nSPS) is 8.29. The molecule has 7 heavy (non-hydrogen) atoms. The van der Waals surface area contributed by atoms with Gasteiger partial charge >= 0.3 is 10.4 Å². The Morgan fingerprint density at radius 3 is 1.14 bits per heavy atom. The predicted molar refractivity (Wildman–Crippen MR) is 23.5 cm³/mol. The Morgan fingerprint density at radius 2 is 1.14 bits per heavy atom. The van der Waals surface area contributed by atoms with Gasteiger partial charge in [0.25, 0.3) is 0 Å². The summed E-state index contributed by atoms with van der Waals surface area (Å²) in [6, 6.07) is 0. The summed E-state index contributed by atoms with van der Waals surface area (Å²) in [5.74, 6) is 0. The molecule has 0 aromatic heterocycles. The molecule has 0 saturated heterocycles. The highest BCUT2D eigenvalue weighted by atomic mass is 32.3. The minimum Gasteiger partial charge on any atom is -0.412 e. The molecule has 0 aliphatic heterocycles. The molecule has 0 fully saturated rings. The maximum Gasteiger partial charge on any atom is 0.394 e. The SMILES string of the molecule is O.O=S(=O)(O)O.[Mg]. The summed E-state index contributed by atoms with van der Waals surface area (Å²) in [6.45, 7) is 0. The zero-order chi connectivity index (χ0) is 4.50. The van der Waals surface area contributed by atoms with Gasteiger partial charge in [-0.2, -0.15) is 8.42 Å². The molecular formula is H4MgO5S. The highest BCUT2D eigenvalue weighted by Crippen LogP contribution is 1.59. The molecule has 5 nitrogen and oxygen atoms in total. The lowest BCUT2D eigenvalue weighted by molar-refractivity contribution is 0.381. The Balaban J connectivity index is -0.0000000800. The fourth-order valence-corrected chi connectivity index (χ4v) is 0. The van der Waals surface area contributed by atoms with E-state index >= 15 is 0 Å². The van der Waals surface area contributed by atoms with Crippen LogP contribution in [0, 0.1) is 0 Å². The second-order valence-corrected chi connectivity index (χ2v) is 1.34. The van der Waals surface area contributed by atoms with Crippen LogP contribution < -0.4 is 0 Å². The molecule has 0 atom stereocenters. The van der Waals surface area contributed by atoms with E-state index in [9.17, 15) is 0 Å². The van der Waals surface area contributed by atoms with Gasteiger partial charge in [0.05, 0.1) is 0 Å². The van der Waals surface area contributed by atoms with Crippen LogP contribution in [0.4, 0.5) is 0 Å². The third-order valence-corrected chi connectivity index (χ3v) is 0. The first-order chi connectivity index (χ1) is 2.00. The summed E-state index contributed by atoms with van der Waals surface area (Å²) in [6.07, 6.45) is 0. The fraction of sp³-hybridized carbons (Fsp3) is 0. The van der Waals surface area contributed by atoms with E-state index in [0.717, 1.165) is 0 Å². The summed E-state index contributed by atoms with van der Waals surface area (Å²) in [5.41, 5.74) is 0. The van der Waals surface area contributed by atoms with Crippen LogP contribution >= 0.6 is 0 Å². The van der Waals surface area contributed by atoms with Crippen LogP contribution in [-0.2, 0) is 10.4 Å². The molecule has 0 unspecified atom stereocenters. The van der Waals surface area contributed by atoms with Crippen LogP contribution in [0.5, 0.6) is 0 Å². The average molecular weight is 140 g/mol. The zero-order valence-corrected chi connectivity index (χ0v) is 5.56. The van der Waals surface area contributed by atoms with Crippen LogP contribution in [0.3, 0.4) is 0 Å². The minimum atomic E-state index is -4.67. The van der Waals surface area contributed by atoms with Gasteiger partial charge in [-0.3, -0.25) is 9.11 Å². The van der Waals surface area contributed by atoms with Crippen LogP contribution in [-0.4, -0.2) is 46.1 Å². The van der Waals surface area contributed by atoms with Crippen LogP contribution in [0.25, 0.3) is 0 Å². The maximum atomic E-state index is 8.74. The highest BCUT2D eigenvalue weighted by Gasteiger charge is 1.84. The van der Waals surface area contributed by atoms with Crippen molar-refractivity contribution in [2.45, 2.75) is 0 Å². The van der Waals surface area contributed by atoms with Crippen LogP contribution in [0.1, 0.15) is 0 Å². The molecule has 42 valence electrons. The Hall–Kier alpha value is 0.596. The minimum absolute atomic E-state index is 0. The van der Waals surface area contributed by atoms with E-state index in [1.165, 1.54) is 0 Å². The number of hydrogen-bond acceptors (Lipinski definition) is 2. The Kier molecular flexibility index (Phi) is 10.6. The van der Waals surface area contributed by atoms with Gasteiger partial charge in [0.15, 0.2) is 0 Å². The van der Waals surface area contributed by atoms with Crippen molar-refractivity contribution in [2.24, 2.45) is 0 Å². The molecule has 2 radical (unpaired) electrons. The topological polar surface area (TPSA) is 106 Å². The molecule has 0 saturated carbocycles. The molecule has 0 spiro atoms. The average Bonchev–Trinajstić information content (AvgIpc) is 0.722. The van der Waals surface area contributed by atoms with E-state index in [2.05, 4.69) is 0 Å².